The number of benzene rings is 2. The van der Waals surface area contributed by atoms with Gasteiger partial charge in [-0.05, 0) is 36.8 Å². The molecule has 3 aromatic rings. The molecule has 1 amide bonds. The number of likely N-dealkylation sites (N-methyl/N-ethyl adjacent to an activating group) is 1. The third-order valence-electron chi connectivity index (χ3n) is 3.91. The zero-order valence-electron chi connectivity index (χ0n) is 14.2. The van der Waals surface area contributed by atoms with Gasteiger partial charge in [0.15, 0.2) is 5.69 Å². The molecule has 6 heteroatoms. The third kappa shape index (κ3) is 3.68. The van der Waals surface area contributed by atoms with Crippen molar-refractivity contribution in [2.24, 2.45) is 0 Å². The molecule has 25 heavy (non-hydrogen) atoms. The van der Waals surface area contributed by atoms with Crippen LogP contribution in [-0.4, -0.2) is 41.2 Å². The molecule has 0 bridgehead atoms. The predicted molar refractivity (Wildman–Crippen MR) is 96.0 cm³/mol. The lowest BCUT2D eigenvalue weighted by atomic mass is 10.2. The van der Waals surface area contributed by atoms with Gasteiger partial charge in [0.05, 0.1) is 12.1 Å². The number of hydrogen-bond donors (Lipinski definition) is 1. The lowest BCUT2D eigenvalue weighted by Gasteiger charge is -2.17. The summed E-state index contributed by atoms with van der Waals surface area (Å²) in [5.41, 5.74) is 1.23. The summed E-state index contributed by atoms with van der Waals surface area (Å²) in [5, 5.41) is 7.14. The van der Waals surface area contributed by atoms with Crippen LogP contribution in [0.2, 0.25) is 0 Å². The van der Waals surface area contributed by atoms with Crippen molar-refractivity contribution in [1.29, 1.82) is 0 Å². The Labute approximate surface area is 145 Å². The van der Waals surface area contributed by atoms with E-state index >= 15 is 0 Å². The molecule has 6 nitrogen and oxygen atoms in total. The fraction of sp³-hybridized carbons (Fsp3) is 0.211. The minimum atomic E-state index is -0.431. The number of H-pyrrole nitrogens is 1. The van der Waals surface area contributed by atoms with E-state index < -0.39 is 5.91 Å². The summed E-state index contributed by atoms with van der Waals surface area (Å²) in [6.07, 6.45) is 0. The Morgan fingerprint density at radius 1 is 1.20 bits per heavy atom. The van der Waals surface area contributed by atoms with Crippen LogP contribution in [0.15, 0.2) is 53.3 Å². The highest BCUT2D eigenvalue weighted by Crippen LogP contribution is 2.12. The fourth-order valence-electron chi connectivity index (χ4n) is 2.51. The Balaban J connectivity index is 1.68. The molecule has 0 aliphatic heterocycles. The van der Waals surface area contributed by atoms with Gasteiger partial charge in [-0.2, -0.15) is 5.10 Å². The smallest absolute Gasteiger partial charge is 0.278 e. The van der Waals surface area contributed by atoms with E-state index in [4.69, 9.17) is 4.74 Å². The van der Waals surface area contributed by atoms with E-state index in [-0.39, 0.29) is 11.1 Å². The summed E-state index contributed by atoms with van der Waals surface area (Å²) in [4.78, 5) is 26.4. The van der Waals surface area contributed by atoms with Crippen molar-refractivity contribution in [1.82, 2.24) is 15.1 Å². The number of aromatic nitrogens is 2. The van der Waals surface area contributed by atoms with Crippen molar-refractivity contribution in [3.8, 4) is 5.75 Å². The fourth-order valence-corrected chi connectivity index (χ4v) is 2.51. The Hall–Kier alpha value is -3.15. The van der Waals surface area contributed by atoms with Gasteiger partial charge < -0.3 is 9.64 Å². The summed E-state index contributed by atoms with van der Waals surface area (Å²) in [6.45, 7) is 2.66. The molecule has 0 saturated heterocycles. The number of carbonyl (C=O) groups excluding carboxylic acids is 1. The molecule has 0 unspecified atom stereocenters. The van der Waals surface area contributed by atoms with Crippen molar-refractivity contribution >= 4 is 16.8 Å². The molecule has 2 aromatic carbocycles. The van der Waals surface area contributed by atoms with Gasteiger partial charge in [-0.3, -0.25) is 14.7 Å². The van der Waals surface area contributed by atoms with E-state index in [1.165, 1.54) is 4.90 Å². The number of ether oxygens (including phenoxy) is 1. The minimum Gasteiger partial charge on any atom is -0.492 e. The van der Waals surface area contributed by atoms with Gasteiger partial charge in [0.25, 0.3) is 5.91 Å². The summed E-state index contributed by atoms with van der Waals surface area (Å²) in [5.74, 6) is 0.322. The molecule has 0 atom stereocenters. The molecule has 1 heterocycles. The molecular formula is C19H19N3O3. The summed E-state index contributed by atoms with van der Waals surface area (Å²) in [6, 6.07) is 14.7. The Kier molecular flexibility index (Phi) is 4.79. The second-order valence-corrected chi connectivity index (χ2v) is 5.84. The first-order chi connectivity index (χ1) is 12.1. The van der Waals surface area contributed by atoms with Gasteiger partial charge in [0, 0.05) is 12.4 Å². The number of nitrogens with zero attached hydrogens (tertiary/aromatic N) is 2. The lowest BCUT2D eigenvalue weighted by molar-refractivity contribution is 0.0765. The van der Waals surface area contributed by atoms with Gasteiger partial charge in [-0.1, -0.05) is 24.3 Å². The molecule has 0 fully saturated rings. The average molecular weight is 337 g/mol. The van der Waals surface area contributed by atoms with Crippen LogP contribution >= 0.6 is 0 Å². The van der Waals surface area contributed by atoms with Crippen LogP contribution in [0.5, 0.6) is 5.75 Å². The van der Waals surface area contributed by atoms with Crippen LogP contribution in [0.3, 0.4) is 0 Å². The second kappa shape index (κ2) is 7.17. The topological polar surface area (TPSA) is 75.3 Å². The van der Waals surface area contributed by atoms with Crippen LogP contribution in [0.1, 0.15) is 16.1 Å². The molecule has 128 valence electrons. The first kappa shape index (κ1) is 16.7. The molecule has 0 aliphatic rings. The highest BCUT2D eigenvalue weighted by atomic mass is 16.5. The first-order valence-electron chi connectivity index (χ1n) is 7.98. The average Bonchev–Trinajstić information content (AvgIpc) is 2.62. The quantitative estimate of drug-likeness (QED) is 0.776. The maximum atomic E-state index is 12.5. The largest absolute Gasteiger partial charge is 0.492 e. The van der Waals surface area contributed by atoms with Crippen LogP contribution in [0, 0.1) is 6.92 Å². The van der Waals surface area contributed by atoms with E-state index in [9.17, 15) is 9.59 Å². The highest BCUT2D eigenvalue weighted by molar-refractivity contribution is 5.95. The zero-order chi connectivity index (χ0) is 17.8. The number of hydrogen-bond acceptors (Lipinski definition) is 4. The Morgan fingerprint density at radius 2 is 2.00 bits per heavy atom. The van der Waals surface area contributed by atoms with Gasteiger partial charge in [0.1, 0.15) is 12.4 Å². The number of aryl methyl sites for hydroxylation is 1. The number of fused-ring (bicyclic) bond motifs is 1. The van der Waals surface area contributed by atoms with Crippen molar-refractivity contribution in [2.75, 3.05) is 20.2 Å². The van der Waals surface area contributed by atoms with Crippen LogP contribution < -0.4 is 10.2 Å². The van der Waals surface area contributed by atoms with Gasteiger partial charge in [0.2, 0.25) is 5.43 Å². The van der Waals surface area contributed by atoms with Crippen LogP contribution in [0.25, 0.3) is 10.9 Å². The zero-order valence-corrected chi connectivity index (χ0v) is 14.2. The van der Waals surface area contributed by atoms with E-state index in [1.807, 2.05) is 31.2 Å². The lowest BCUT2D eigenvalue weighted by Crippen LogP contribution is -2.35. The van der Waals surface area contributed by atoms with E-state index in [0.29, 0.717) is 24.1 Å². The molecule has 3 rings (SSSR count). The van der Waals surface area contributed by atoms with E-state index in [2.05, 4.69) is 10.2 Å². The van der Waals surface area contributed by atoms with Crippen LogP contribution in [0.4, 0.5) is 0 Å². The van der Waals surface area contributed by atoms with Crippen molar-refractivity contribution in [3.05, 3.63) is 70.0 Å². The molecule has 0 radical (unpaired) electrons. The van der Waals surface area contributed by atoms with Crippen molar-refractivity contribution in [2.45, 2.75) is 6.92 Å². The standard InChI is InChI=1S/C19H19N3O3/c1-13-6-5-7-14(12-13)25-11-10-22(2)19(24)17-18(23)15-8-3-4-9-16(15)20-21-17/h3-9,12H,10-11H2,1-2H3,(H,20,23). The number of nitrogens with one attached hydrogen (secondary N) is 1. The van der Waals surface area contributed by atoms with Gasteiger partial charge in [-0.25, -0.2) is 0 Å². The molecule has 0 aliphatic carbocycles. The van der Waals surface area contributed by atoms with Gasteiger partial charge in [-0.15, -0.1) is 0 Å². The Morgan fingerprint density at radius 3 is 2.80 bits per heavy atom. The SMILES string of the molecule is Cc1cccc(OCCN(C)C(=O)c2n[nH]c3ccccc3c2=O)c1. The molecule has 1 N–H and O–H groups in total. The van der Waals surface area contributed by atoms with Crippen molar-refractivity contribution in [3.63, 3.8) is 0 Å². The van der Waals surface area contributed by atoms with E-state index in [0.717, 1.165) is 11.3 Å². The summed E-state index contributed by atoms with van der Waals surface area (Å²) >= 11 is 0. The second-order valence-electron chi connectivity index (χ2n) is 5.84. The minimum absolute atomic E-state index is 0.114. The van der Waals surface area contributed by atoms with E-state index in [1.54, 1.807) is 31.3 Å². The Bertz CT molecular complexity index is 965. The maximum Gasteiger partial charge on any atom is 0.278 e. The monoisotopic (exact) mass is 337 g/mol. The van der Waals surface area contributed by atoms with Crippen LogP contribution in [-0.2, 0) is 0 Å². The molecular weight excluding hydrogens is 318 g/mol. The van der Waals surface area contributed by atoms with Crippen molar-refractivity contribution < 1.29 is 9.53 Å². The normalized spacial score (nSPS) is 10.6. The molecule has 1 aromatic heterocycles. The number of carbonyl (C=O) groups is 1. The highest BCUT2D eigenvalue weighted by Gasteiger charge is 2.18. The molecule has 0 spiro atoms. The third-order valence-corrected chi connectivity index (χ3v) is 3.91. The number of aromatic amines is 1. The number of para-hydroxylation sites is 1. The summed E-state index contributed by atoms with van der Waals surface area (Å²) < 4.78 is 5.64. The number of amides is 1. The predicted octanol–water partition coefficient (Wildman–Crippen LogP) is 2.38. The molecule has 0 saturated carbocycles. The first-order valence-corrected chi connectivity index (χ1v) is 7.98. The van der Waals surface area contributed by atoms with Gasteiger partial charge >= 0.3 is 0 Å². The summed E-state index contributed by atoms with van der Waals surface area (Å²) in [7, 11) is 1.62. The maximum absolute atomic E-state index is 12.5. The number of rotatable bonds is 5.